The van der Waals surface area contributed by atoms with E-state index in [4.69, 9.17) is 0 Å². The molecule has 1 aliphatic carbocycles. The van der Waals surface area contributed by atoms with Crippen molar-refractivity contribution in [1.82, 2.24) is 20.1 Å². The summed E-state index contributed by atoms with van der Waals surface area (Å²) >= 11 is 0. The minimum absolute atomic E-state index is 0.0487. The maximum Gasteiger partial charge on any atom is 0.255 e. The largest absolute Gasteiger partial charge is 0.349 e. The van der Waals surface area contributed by atoms with E-state index in [9.17, 15) is 9.59 Å². The molecule has 6 nitrogen and oxygen atoms in total. The van der Waals surface area contributed by atoms with E-state index in [1.165, 1.54) is 5.56 Å². The second-order valence-electron chi connectivity index (χ2n) is 7.97. The molecule has 2 heterocycles. The zero-order valence-electron chi connectivity index (χ0n) is 16.7. The van der Waals surface area contributed by atoms with Gasteiger partial charge in [-0.2, -0.15) is 0 Å². The maximum atomic E-state index is 12.9. The fraction of sp³-hybridized carbons (Fsp3) is 0.435. The van der Waals surface area contributed by atoms with Gasteiger partial charge in [-0.3, -0.25) is 19.5 Å². The van der Waals surface area contributed by atoms with Crippen molar-refractivity contribution >= 4 is 11.8 Å². The van der Waals surface area contributed by atoms with E-state index in [0.29, 0.717) is 24.2 Å². The predicted molar refractivity (Wildman–Crippen MR) is 112 cm³/mol. The summed E-state index contributed by atoms with van der Waals surface area (Å²) in [5, 5.41) is 3.06. The van der Waals surface area contributed by atoms with Crippen molar-refractivity contribution in [2.45, 2.75) is 38.3 Å². The summed E-state index contributed by atoms with van der Waals surface area (Å²) in [5.74, 6) is -0.181. The Hall–Kier alpha value is -2.73. The van der Waals surface area contributed by atoms with Crippen LogP contribution in [0.2, 0.25) is 0 Å². The quantitative estimate of drug-likeness (QED) is 0.850. The summed E-state index contributed by atoms with van der Waals surface area (Å²) in [6, 6.07) is 12.3. The van der Waals surface area contributed by atoms with Gasteiger partial charge in [0.25, 0.3) is 11.8 Å². The molecule has 2 amide bonds. The highest BCUT2D eigenvalue weighted by atomic mass is 16.2. The molecule has 0 radical (unpaired) electrons. The highest BCUT2D eigenvalue weighted by molar-refractivity contribution is 5.99. The molecule has 1 aromatic heterocycles. The molecule has 0 spiro atoms. The molecule has 1 aliphatic heterocycles. The number of pyridine rings is 1. The lowest BCUT2D eigenvalue weighted by Gasteiger charge is -2.34. The molecule has 1 saturated carbocycles. The summed E-state index contributed by atoms with van der Waals surface area (Å²) in [4.78, 5) is 33.8. The van der Waals surface area contributed by atoms with Crippen LogP contribution in [0.15, 0.2) is 48.8 Å². The van der Waals surface area contributed by atoms with E-state index in [1.54, 1.807) is 18.5 Å². The fourth-order valence-electron chi connectivity index (χ4n) is 4.15. The van der Waals surface area contributed by atoms with Gasteiger partial charge >= 0.3 is 0 Å². The summed E-state index contributed by atoms with van der Waals surface area (Å²) in [7, 11) is 0. The van der Waals surface area contributed by atoms with Crippen LogP contribution in [0.3, 0.4) is 0 Å². The van der Waals surface area contributed by atoms with Crippen LogP contribution in [0.4, 0.5) is 0 Å². The summed E-state index contributed by atoms with van der Waals surface area (Å²) in [6.07, 6.45) is 7.50. The molecule has 0 atom stereocenters. The van der Waals surface area contributed by atoms with Crippen LogP contribution in [-0.4, -0.2) is 58.8 Å². The molecule has 152 valence electrons. The molecule has 4 rings (SSSR count). The Morgan fingerprint density at radius 3 is 2.38 bits per heavy atom. The average Bonchev–Trinajstić information content (AvgIpc) is 3.28. The lowest BCUT2D eigenvalue weighted by molar-refractivity contribution is 0.0628. The second kappa shape index (κ2) is 9.18. The van der Waals surface area contributed by atoms with Gasteiger partial charge in [0.2, 0.25) is 0 Å². The third kappa shape index (κ3) is 5.01. The van der Waals surface area contributed by atoms with E-state index >= 15 is 0 Å². The van der Waals surface area contributed by atoms with Crippen LogP contribution < -0.4 is 5.32 Å². The molecule has 1 N–H and O–H groups in total. The normalized spacial score (nSPS) is 18.0. The zero-order chi connectivity index (χ0) is 20.1. The lowest BCUT2D eigenvalue weighted by atomic mass is 10.1. The number of piperazine rings is 1. The van der Waals surface area contributed by atoms with Crippen molar-refractivity contribution in [3.8, 4) is 0 Å². The number of carbonyl (C=O) groups is 2. The van der Waals surface area contributed by atoms with Crippen molar-refractivity contribution in [1.29, 1.82) is 0 Å². The topological polar surface area (TPSA) is 65.5 Å². The zero-order valence-corrected chi connectivity index (χ0v) is 16.7. The molecular formula is C23H28N4O2. The summed E-state index contributed by atoms with van der Waals surface area (Å²) in [5.41, 5.74) is 2.24. The van der Waals surface area contributed by atoms with Crippen LogP contribution >= 0.6 is 0 Å². The van der Waals surface area contributed by atoms with Gasteiger partial charge < -0.3 is 10.2 Å². The molecule has 2 aromatic rings. The number of nitrogens with zero attached hydrogens (tertiary/aromatic N) is 3. The third-order valence-corrected chi connectivity index (χ3v) is 5.85. The van der Waals surface area contributed by atoms with Crippen molar-refractivity contribution in [2.24, 2.45) is 0 Å². The first-order valence-electron chi connectivity index (χ1n) is 10.5. The van der Waals surface area contributed by atoms with E-state index in [2.05, 4.69) is 39.5 Å². The lowest BCUT2D eigenvalue weighted by Crippen LogP contribution is -2.48. The summed E-state index contributed by atoms with van der Waals surface area (Å²) in [6.45, 7) is 3.96. The first-order valence-corrected chi connectivity index (χ1v) is 10.5. The molecule has 0 bridgehead atoms. The Balaban J connectivity index is 1.33. The Morgan fingerprint density at radius 2 is 1.66 bits per heavy atom. The van der Waals surface area contributed by atoms with Crippen molar-refractivity contribution in [3.05, 3.63) is 65.5 Å². The standard InChI is InChI=1S/C23H28N4O2/c28-22(25-21-8-4-5-9-21)19-14-20(16-24-15-19)23(29)27-12-10-26(11-13-27)17-18-6-2-1-3-7-18/h1-3,6-7,14-16,21H,4-5,8-13,17H2,(H,25,28). The molecule has 1 saturated heterocycles. The van der Waals surface area contributed by atoms with E-state index < -0.39 is 0 Å². The Morgan fingerprint density at radius 1 is 0.966 bits per heavy atom. The first kappa shape index (κ1) is 19.6. The predicted octanol–water partition coefficient (Wildman–Crippen LogP) is 2.71. The number of hydrogen-bond acceptors (Lipinski definition) is 4. The van der Waals surface area contributed by atoms with E-state index in [1.807, 2.05) is 11.0 Å². The Labute approximate surface area is 171 Å². The smallest absolute Gasteiger partial charge is 0.255 e. The van der Waals surface area contributed by atoms with Crippen molar-refractivity contribution in [2.75, 3.05) is 26.2 Å². The number of amides is 2. The van der Waals surface area contributed by atoms with E-state index in [-0.39, 0.29) is 17.9 Å². The molecule has 2 aliphatic rings. The minimum Gasteiger partial charge on any atom is -0.349 e. The minimum atomic E-state index is -0.133. The van der Waals surface area contributed by atoms with Gasteiger partial charge in [-0.15, -0.1) is 0 Å². The van der Waals surface area contributed by atoms with Gasteiger partial charge in [-0.1, -0.05) is 43.2 Å². The van der Waals surface area contributed by atoms with Crippen LogP contribution in [0.25, 0.3) is 0 Å². The Bertz CT molecular complexity index is 841. The number of carbonyl (C=O) groups excluding carboxylic acids is 2. The molecular weight excluding hydrogens is 364 g/mol. The molecule has 1 aromatic carbocycles. The highest BCUT2D eigenvalue weighted by Gasteiger charge is 2.24. The van der Waals surface area contributed by atoms with Gasteiger partial charge in [0, 0.05) is 51.2 Å². The van der Waals surface area contributed by atoms with Gasteiger partial charge in [0.15, 0.2) is 0 Å². The monoisotopic (exact) mass is 392 g/mol. The fourth-order valence-corrected chi connectivity index (χ4v) is 4.15. The average molecular weight is 393 g/mol. The van der Waals surface area contributed by atoms with Gasteiger partial charge in [0.1, 0.15) is 0 Å². The molecule has 2 fully saturated rings. The van der Waals surface area contributed by atoms with E-state index in [0.717, 1.165) is 45.3 Å². The van der Waals surface area contributed by atoms with Crippen molar-refractivity contribution < 1.29 is 9.59 Å². The third-order valence-electron chi connectivity index (χ3n) is 5.85. The number of rotatable bonds is 5. The Kier molecular flexibility index (Phi) is 6.20. The van der Waals surface area contributed by atoms with Gasteiger partial charge in [0.05, 0.1) is 11.1 Å². The number of benzene rings is 1. The van der Waals surface area contributed by atoms with Gasteiger partial charge in [-0.25, -0.2) is 0 Å². The number of hydrogen-bond donors (Lipinski definition) is 1. The van der Waals surface area contributed by atoms with Crippen LogP contribution in [-0.2, 0) is 6.54 Å². The van der Waals surface area contributed by atoms with Crippen LogP contribution in [0.1, 0.15) is 52.0 Å². The van der Waals surface area contributed by atoms with Crippen molar-refractivity contribution in [3.63, 3.8) is 0 Å². The first-order chi connectivity index (χ1) is 14.2. The van der Waals surface area contributed by atoms with Crippen LogP contribution in [0, 0.1) is 0 Å². The van der Waals surface area contributed by atoms with Crippen LogP contribution in [0.5, 0.6) is 0 Å². The van der Waals surface area contributed by atoms with Gasteiger partial charge in [-0.05, 0) is 24.5 Å². The molecule has 0 unspecified atom stereocenters. The second-order valence-corrected chi connectivity index (χ2v) is 7.97. The summed E-state index contributed by atoms with van der Waals surface area (Å²) < 4.78 is 0. The molecule has 6 heteroatoms. The highest BCUT2D eigenvalue weighted by Crippen LogP contribution is 2.18. The maximum absolute atomic E-state index is 12.9. The SMILES string of the molecule is O=C(NC1CCCC1)c1cncc(C(=O)N2CCN(Cc3ccccc3)CC2)c1. The number of aromatic nitrogens is 1. The molecule has 29 heavy (non-hydrogen) atoms. The number of nitrogens with one attached hydrogen (secondary N) is 1.